The van der Waals surface area contributed by atoms with Gasteiger partial charge in [-0.25, -0.2) is 8.78 Å². The van der Waals surface area contributed by atoms with E-state index in [4.69, 9.17) is 5.11 Å². The average Bonchev–Trinajstić information content (AvgIpc) is 2.41. The lowest BCUT2D eigenvalue weighted by molar-refractivity contribution is -0.00341. The molecule has 0 amide bonds. The number of fused-ring (bicyclic) bond motifs is 1. The number of phenolic OH excluding ortho intramolecular Hbond substituents is 1. The van der Waals surface area contributed by atoms with Gasteiger partial charge in [-0.2, -0.15) is 0 Å². The molecule has 102 valence electrons. The van der Waals surface area contributed by atoms with Crippen molar-refractivity contribution in [1.82, 2.24) is 5.32 Å². The van der Waals surface area contributed by atoms with Crippen LogP contribution in [0.15, 0.2) is 36.4 Å². The fourth-order valence-electron chi connectivity index (χ4n) is 1.94. The van der Waals surface area contributed by atoms with E-state index in [0.717, 1.165) is 10.8 Å². The molecule has 5 heteroatoms. The van der Waals surface area contributed by atoms with E-state index in [2.05, 4.69) is 5.32 Å². The van der Waals surface area contributed by atoms with E-state index in [0.29, 0.717) is 5.56 Å². The Morgan fingerprint density at radius 2 is 1.84 bits per heavy atom. The van der Waals surface area contributed by atoms with Crippen LogP contribution in [0.1, 0.15) is 5.56 Å². The zero-order chi connectivity index (χ0) is 13.8. The third-order valence-corrected chi connectivity index (χ3v) is 2.96. The predicted octanol–water partition coefficient (Wildman–Crippen LogP) is 2.26. The Bertz CT molecular complexity index is 560. The van der Waals surface area contributed by atoms with Crippen molar-refractivity contribution in [1.29, 1.82) is 0 Å². The van der Waals surface area contributed by atoms with Crippen LogP contribution in [-0.2, 0) is 6.54 Å². The second kappa shape index (κ2) is 5.95. The van der Waals surface area contributed by atoms with Crippen LogP contribution in [0.4, 0.5) is 8.78 Å². The van der Waals surface area contributed by atoms with Crippen LogP contribution in [0.25, 0.3) is 10.8 Å². The number of aliphatic hydroxyl groups excluding tert-OH is 1. The molecule has 3 N–H and O–H groups in total. The van der Waals surface area contributed by atoms with Crippen molar-refractivity contribution in [2.24, 2.45) is 0 Å². The Kier molecular flexibility index (Phi) is 4.29. The molecule has 2 aromatic rings. The van der Waals surface area contributed by atoms with Gasteiger partial charge in [-0.1, -0.05) is 30.3 Å². The summed E-state index contributed by atoms with van der Waals surface area (Å²) in [6.07, 6.45) is -4.47. The molecule has 0 aliphatic carbocycles. The zero-order valence-corrected chi connectivity index (χ0v) is 10.2. The molecule has 3 nitrogen and oxygen atoms in total. The number of rotatable bonds is 5. The van der Waals surface area contributed by atoms with Gasteiger partial charge in [0.15, 0.2) is 0 Å². The summed E-state index contributed by atoms with van der Waals surface area (Å²) in [5.41, 5.74) is 0.638. The number of nitrogens with one attached hydrogen (secondary N) is 1. The number of alkyl halides is 2. The second-order valence-corrected chi connectivity index (χ2v) is 4.32. The maximum absolute atomic E-state index is 12.1. The Morgan fingerprint density at radius 3 is 2.58 bits per heavy atom. The molecular weight excluding hydrogens is 252 g/mol. The number of hydrogen-bond acceptors (Lipinski definition) is 3. The topological polar surface area (TPSA) is 52.5 Å². The normalized spacial score (nSPS) is 13.1. The van der Waals surface area contributed by atoms with Crippen molar-refractivity contribution in [3.8, 4) is 5.75 Å². The van der Waals surface area contributed by atoms with E-state index < -0.39 is 12.5 Å². The largest absolute Gasteiger partial charge is 0.508 e. The van der Waals surface area contributed by atoms with E-state index in [-0.39, 0.29) is 18.8 Å². The van der Waals surface area contributed by atoms with E-state index >= 15 is 0 Å². The van der Waals surface area contributed by atoms with Crippen LogP contribution in [0.5, 0.6) is 5.75 Å². The maximum Gasteiger partial charge on any atom is 0.265 e. The minimum atomic E-state index is -2.77. The van der Waals surface area contributed by atoms with E-state index in [1.165, 1.54) is 0 Å². The monoisotopic (exact) mass is 267 g/mol. The molecule has 0 aromatic heterocycles. The third kappa shape index (κ3) is 3.19. The second-order valence-electron chi connectivity index (χ2n) is 4.32. The summed E-state index contributed by atoms with van der Waals surface area (Å²) in [6.45, 7) is -0.00268. The van der Waals surface area contributed by atoms with E-state index in [1.807, 2.05) is 24.3 Å². The lowest BCUT2D eigenvalue weighted by atomic mass is 10.0. The summed E-state index contributed by atoms with van der Waals surface area (Å²) in [5.74, 6) is 0.109. The molecule has 1 atom stereocenters. The van der Waals surface area contributed by atoms with Gasteiger partial charge in [0.25, 0.3) is 6.43 Å². The third-order valence-electron chi connectivity index (χ3n) is 2.96. The van der Waals surface area contributed by atoms with E-state index in [9.17, 15) is 13.9 Å². The SMILES string of the molecule is Oc1ccc2ccccc2c1CNCC(O)C(F)F. The van der Waals surface area contributed by atoms with E-state index in [1.54, 1.807) is 12.1 Å². The van der Waals surface area contributed by atoms with Gasteiger partial charge >= 0.3 is 0 Å². The highest BCUT2D eigenvalue weighted by Gasteiger charge is 2.16. The van der Waals surface area contributed by atoms with Crippen LogP contribution in [-0.4, -0.2) is 29.3 Å². The predicted molar refractivity (Wildman–Crippen MR) is 69.3 cm³/mol. The standard InChI is InChI=1S/C14H15F2NO2/c15-14(16)13(19)8-17-7-11-10-4-2-1-3-9(10)5-6-12(11)18/h1-6,13-14,17-19H,7-8H2. The quantitative estimate of drug-likeness (QED) is 0.779. The zero-order valence-electron chi connectivity index (χ0n) is 10.2. The van der Waals surface area contributed by atoms with Gasteiger partial charge in [0.05, 0.1) is 0 Å². The van der Waals surface area contributed by atoms with Gasteiger partial charge in [-0.15, -0.1) is 0 Å². The molecule has 0 fully saturated rings. The summed E-state index contributed by atoms with van der Waals surface area (Å²) in [5, 5.41) is 23.4. The van der Waals surface area contributed by atoms with Crippen molar-refractivity contribution in [3.63, 3.8) is 0 Å². The van der Waals surface area contributed by atoms with Crippen LogP contribution >= 0.6 is 0 Å². The van der Waals surface area contributed by atoms with Crippen molar-refractivity contribution in [2.45, 2.75) is 19.1 Å². The molecular formula is C14H15F2NO2. The molecule has 0 spiro atoms. The molecule has 0 aliphatic heterocycles. The Labute approximate surface area is 109 Å². The number of hydrogen-bond donors (Lipinski definition) is 3. The number of aliphatic hydroxyl groups is 1. The van der Waals surface area contributed by atoms with Crippen LogP contribution in [0, 0.1) is 0 Å². The van der Waals surface area contributed by atoms with Crippen LogP contribution in [0.2, 0.25) is 0 Å². The fourth-order valence-corrected chi connectivity index (χ4v) is 1.94. The molecule has 0 saturated heterocycles. The highest BCUT2D eigenvalue weighted by Crippen LogP contribution is 2.26. The Morgan fingerprint density at radius 1 is 1.11 bits per heavy atom. The minimum absolute atomic E-state index is 0.109. The lowest BCUT2D eigenvalue weighted by Crippen LogP contribution is -2.31. The Hall–Kier alpha value is -1.72. The molecule has 0 radical (unpaired) electrons. The molecule has 0 heterocycles. The highest BCUT2D eigenvalue weighted by atomic mass is 19.3. The molecule has 2 rings (SSSR count). The first-order valence-corrected chi connectivity index (χ1v) is 5.96. The van der Waals surface area contributed by atoms with Crippen molar-refractivity contribution in [3.05, 3.63) is 42.0 Å². The first-order chi connectivity index (χ1) is 9.09. The van der Waals surface area contributed by atoms with Crippen molar-refractivity contribution < 1.29 is 19.0 Å². The van der Waals surface area contributed by atoms with Gasteiger partial charge in [0, 0.05) is 18.7 Å². The number of aromatic hydroxyl groups is 1. The van der Waals surface area contributed by atoms with Gasteiger partial charge in [-0.05, 0) is 16.8 Å². The number of benzene rings is 2. The van der Waals surface area contributed by atoms with Gasteiger partial charge in [-0.3, -0.25) is 0 Å². The summed E-state index contributed by atoms with van der Waals surface area (Å²) in [7, 11) is 0. The van der Waals surface area contributed by atoms with Crippen LogP contribution < -0.4 is 5.32 Å². The first kappa shape index (κ1) is 13.7. The minimum Gasteiger partial charge on any atom is -0.508 e. The molecule has 0 saturated carbocycles. The van der Waals surface area contributed by atoms with Crippen LogP contribution in [0.3, 0.4) is 0 Å². The summed E-state index contributed by atoms with van der Waals surface area (Å²) >= 11 is 0. The smallest absolute Gasteiger partial charge is 0.265 e. The average molecular weight is 267 g/mol. The summed E-state index contributed by atoms with van der Waals surface area (Å²) in [6, 6.07) is 10.9. The van der Waals surface area contributed by atoms with Gasteiger partial charge in [0.1, 0.15) is 11.9 Å². The highest BCUT2D eigenvalue weighted by molar-refractivity contribution is 5.87. The Balaban J connectivity index is 2.14. The molecule has 2 aromatic carbocycles. The molecule has 1 unspecified atom stereocenters. The first-order valence-electron chi connectivity index (χ1n) is 5.96. The lowest BCUT2D eigenvalue weighted by Gasteiger charge is -2.13. The number of halogens is 2. The van der Waals surface area contributed by atoms with Gasteiger partial charge < -0.3 is 15.5 Å². The maximum atomic E-state index is 12.1. The molecule has 0 bridgehead atoms. The van der Waals surface area contributed by atoms with Crippen molar-refractivity contribution in [2.75, 3.05) is 6.54 Å². The molecule has 0 aliphatic rings. The number of phenols is 1. The van der Waals surface area contributed by atoms with Gasteiger partial charge in [0.2, 0.25) is 0 Å². The molecule has 19 heavy (non-hydrogen) atoms. The van der Waals surface area contributed by atoms with Crippen molar-refractivity contribution >= 4 is 10.8 Å². The summed E-state index contributed by atoms with van der Waals surface area (Å²) < 4.78 is 24.3. The fraction of sp³-hybridized carbons (Fsp3) is 0.286. The summed E-state index contributed by atoms with van der Waals surface area (Å²) in [4.78, 5) is 0.